The van der Waals surface area contributed by atoms with Gasteiger partial charge in [-0.2, -0.15) is 11.8 Å². The number of nitrogens with two attached hydrogens (primary N) is 1. The Labute approximate surface area is 115 Å². The van der Waals surface area contributed by atoms with Gasteiger partial charge >= 0.3 is 0 Å². The van der Waals surface area contributed by atoms with Gasteiger partial charge in [-0.15, -0.1) is 0 Å². The summed E-state index contributed by atoms with van der Waals surface area (Å²) < 4.78 is 0.263. The third-order valence-corrected chi connectivity index (χ3v) is 5.02. The van der Waals surface area contributed by atoms with E-state index in [-0.39, 0.29) is 4.75 Å². The van der Waals surface area contributed by atoms with E-state index in [9.17, 15) is 0 Å². The van der Waals surface area contributed by atoms with Crippen LogP contribution in [0.3, 0.4) is 0 Å². The average molecular weight is 292 g/mol. The molecule has 3 nitrogen and oxygen atoms in total. The number of hydrogen-bond acceptors (Lipinski definition) is 4. The first-order chi connectivity index (χ1) is 8.00. The molecule has 0 radical (unpaired) electrons. The summed E-state index contributed by atoms with van der Waals surface area (Å²) in [5.74, 6) is 2.15. The molecule has 1 aromatic heterocycles. The van der Waals surface area contributed by atoms with Crippen LogP contribution in [-0.2, 0) is 0 Å². The normalized spacial score (nSPS) is 23.9. The number of rotatable bonds is 3. The molecule has 0 saturated carbocycles. The Morgan fingerprint density at radius 2 is 2.29 bits per heavy atom. The molecule has 2 rings (SSSR count). The van der Waals surface area contributed by atoms with Crippen LogP contribution in [0.1, 0.15) is 19.8 Å². The highest BCUT2D eigenvalue weighted by atomic mass is 35.5. The smallest absolute Gasteiger partial charge is 0.147 e. The van der Waals surface area contributed by atoms with E-state index >= 15 is 0 Å². The Morgan fingerprint density at radius 3 is 2.94 bits per heavy atom. The van der Waals surface area contributed by atoms with Crippen LogP contribution in [-0.4, -0.2) is 22.0 Å². The van der Waals surface area contributed by atoms with E-state index < -0.39 is 0 Å². The largest absolute Gasteiger partial charge is 0.382 e. The van der Waals surface area contributed by atoms with E-state index in [4.69, 9.17) is 28.9 Å². The molecule has 1 fully saturated rings. The summed E-state index contributed by atoms with van der Waals surface area (Å²) >= 11 is 13.9. The molecular formula is C11H15Cl2N3S. The molecule has 2 heterocycles. The van der Waals surface area contributed by atoms with E-state index in [2.05, 4.69) is 17.2 Å². The van der Waals surface area contributed by atoms with Gasteiger partial charge in [-0.05, 0) is 31.6 Å². The fraction of sp³-hybridized carbons (Fsp3) is 0.545. The topological polar surface area (TPSA) is 50.9 Å². The van der Waals surface area contributed by atoms with Gasteiger partial charge < -0.3 is 11.1 Å². The van der Waals surface area contributed by atoms with E-state index in [1.807, 2.05) is 11.8 Å². The Kier molecular flexibility index (Phi) is 3.95. The van der Waals surface area contributed by atoms with Crippen LogP contribution in [0.25, 0.3) is 0 Å². The first-order valence-electron chi connectivity index (χ1n) is 5.49. The molecule has 0 spiro atoms. The number of aromatic nitrogens is 1. The lowest BCUT2D eigenvalue weighted by Crippen LogP contribution is -2.27. The molecule has 1 atom stereocenters. The molecule has 0 aromatic carbocycles. The summed E-state index contributed by atoms with van der Waals surface area (Å²) in [6.07, 6.45) is 2.48. The summed E-state index contributed by atoms with van der Waals surface area (Å²) in [6.45, 7) is 3.09. The lowest BCUT2D eigenvalue weighted by molar-refractivity contribution is 0.634. The lowest BCUT2D eigenvalue weighted by atomic mass is 10.1. The molecule has 1 aliphatic rings. The van der Waals surface area contributed by atoms with Crippen LogP contribution in [0.15, 0.2) is 6.07 Å². The highest BCUT2D eigenvalue weighted by Crippen LogP contribution is 2.38. The van der Waals surface area contributed by atoms with Crippen LogP contribution in [0.4, 0.5) is 11.6 Å². The molecule has 0 aliphatic carbocycles. The monoisotopic (exact) mass is 291 g/mol. The zero-order chi connectivity index (χ0) is 12.5. The van der Waals surface area contributed by atoms with Crippen molar-refractivity contribution in [3.8, 4) is 0 Å². The second kappa shape index (κ2) is 5.12. The quantitative estimate of drug-likeness (QED) is 0.892. The van der Waals surface area contributed by atoms with Crippen molar-refractivity contribution in [3.63, 3.8) is 0 Å². The Bertz CT molecular complexity index is 419. The molecule has 94 valence electrons. The second-order valence-electron chi connectivity index (χ2n) is 4.44. The van der Waals surface area contributed by atoms with Crippen molar-refractivity contribution in [2.45, 2.75) is 24.5 Å². The predicted octanol–water partition coefficient (Wildman–Crippen LogP) is 3.67. The standard InChI is InChI=1S/C11H15Cl2N3S/c1-11(3-2-4-17-11)6-15-10-8(13)5-7(12)9(14)16-10/h5H,2-4,6H2,1H3,(H3,14,15,16). The minimum absolute atomic E-state index is 0.263. The molecule has 1 unspecified atom stereocenters. The van der Waals surface area contributed by atoms with Crippen molar-refractivity contribution in [3.05, 3.63) is 16.1 Å². The minimum Gasteiger partial charge on any atom is -0.382 e. The van der Waals surface area contributed by atoms with Crippen LogP contribution < -0.4 is 11.1 Å². The minimum atomic E-state index is 0.263. The van der Waals surface area contributed by atoms with Crippen LogP contribution in [0.5, 0.6) is 0 Å². The van der Waals surface area contributed by atoms with Crippen molar-refractivity contribution in [2.24, 2.45) is 0 Å². The highest BCUT2D eigenvalue weighted by Gasteiger charge is 2.29. The molecule has 0 bridgehead atoms. The van der Waals surface area contributed by atoms with E-state index in [1.165, 1.54) is 18.6 Å². The average Bonchev–Trinajstić information content (AvgIpc) is 2.69. The summed E-state index contributed by atoms with van der Waals surface area (Å²) in [4.78, 5) is 4.16. The SMILES string of the molecule is CC1(CNc2nc(N)c(Cl)cc2Cl)CCCS1. The van der Waals surface area contributed by atoms with Crippen molar-refractivity contribution in [1.82, 2.24) is 4.98 Å². The fourth-order valence-electron chi connectivity index (χ4n) is 1.85. The Morgan fingerprint density at radius 1 is 1.53 bits per heavy atom. The van der Waals surface area contributed by atoms with Gasteiger partial charge in [0.2, 0.25) is 0 Å². The number of anilines is 2. The van der Waals surface area contributed by atoms with Crippen LogP contribution in [0, 0.1) is 0 Å². The zero-order valence-electron chi connectivity index (χ0n) is 9.59. The third kappa shape index (κ3) is 3.12. The van der Waals surface area contributed by atoms with E-state index in [0.717, 1.165) is 6.54 Å². The maximum Gasteiger partial charge on any atom is 0.147 e. The number of hydrogen-bond donors (Lipinski definition) is 2. The van der Waals surface area contributed by atoms with Gasteiger partial charge in [-0.25, -0.2) is 4.98 Å². The number of halogens is 2. The number of thioether (sulfide) groups is 1. The van der Waals surface area contributed by atoms with Crippen molar-refractivity contribution in [2.75, 3.05) is 23.3 Å². The number of nitrogens with zero attached hydrogens (tertiary/aromatic N) is 1. The van der Waals surface area contributed by atoms with Gasteiger partial charge in [0, 0.05) is 11.3 Å². The molecule has 17 heavy (non-hydrogen) atoms. The summed E-state index contributed by atoms with van der Waals surface area (Å²) in [5.41, 5.74) is 5.66. The van der Waals surface area contributed by atoms with Crippen LogP contribution >= 0.6 is 35.0 Å². The van der Waals surface area contributed by atoms with Crippen molar-refractivity contribution in [1.29, 1.82) is 0 Å². The lowest BCUT2D eigenvalue weighted by Gasteiger charge is -2.23. The predicted molar refractivity (Wildman–Crippen MR) is 77.3 cm³/mol. The van der Waals surface area contributed by atoms with Gasteiger partial charge in [-0.3, -0.25) is 0 Å². The molecule has 1 aliphatic heterocycles. The first kappa shape index (κ1) is 13.1. The molecule has 3 N–H and O–H groups in total. The fourth-order valence-corrected chi connectivity index (χ4v) is 3.52. The maximum absolute atomic E-state index is 6.06. The van der Waals surface area contributed by atoms with E-state index in [1.54, 1.807) is 6.07 Å². The van der Waals surface area contributed by atoms with Crippen molar-refractivity contribution >= 4 is 46.6 Å². The maximum atomic E-state index is 6.06. The first-order valence-corrected chi connectivity index (χ1v) is 7.24. The van der Waals surface area contributed by atoms with Gasteiger partial charge in [0.15, 0.2) is 0 Å². The third-order valence-electron chi connectivity index (χ3n) is 2.89. The highest BCUT2D eigenvalue weighted by molar-refractivity contribution is 8.00. The van der Waals surface area contributed by atoms with Gasteiger partial charge in [0.05, 0.1) is 10.0 Å². The van der Waals surface area contributed by atoms with E-state index in [0.29, 0.717) is 21.7 Å². The zero-order valence-corrected chi connectivity index (χ0v) is 11.9. The number of pyridine rings is 1. The molecule has 0 amide bonds. The van der Waals surface area contributed by atoms with Gasteiger partial charge in [-0.1, -0.05) is 23.2 Å². The summed E-state index contributed by atoms with van der Waals surface area (Å²) in [6, 6.07) is 1.62. The van der Waals surface area contributed by atoms with Gasteiger partial charge in [0.25, 0.3) is 0 Å². The molecule has 1 saturated heterocycles. The van der Waals surface area contributed by atoms with Crippen molar-refractivity contribution < 1.29 is 0 Å². The number of nitrogen functional groups attached to an aromatic ring is 1. The summed E-state index contributed by atoms with van der Waals surface area (Å²) in [7, 11) is 0. The molecule has 6 heteroatoms. The van der Waals surface area contributed by atoms with Crippen LogP contribution in [0.2, 0.25) is 10.0 Å². The Balaban J connectivity index is 2.06. The number of nitrogens with one attached hydrogen (secondary N) is 1. The summed E-state index contributed by atoms with van der Waals surface area (Å²) in [5, 5.41) is 4.16. The molecule has 1 aromatic rings. The van der Waals surface area contributed by atoms with Gasteiger partial charge in [0.1, 0.15) is 11.6 Å². The second-order valence-corrected chi connectivity index (χ2v) is 6.94. The Hall–Kier alpha value is -0.320. The molecular weight excluding hydrogens is 277 g/mol.